The van der Waals surface area contributed by atoms with E-state index in [-0.39, 0.29) is 0 Å². The summed E-state index contributed by atoms with van der Waals surface area (Å²) in [5.74, 6) is 0. The molecular formula is C16H24SSi. The van der Waals surface area contributed by atoms with Crippen LogP contribution in [0, 0.1) is 0 Å². The van der Waals surface area contributed by atoms with Gasteiger partial charge in [0.2, 0.25) is 0 Å². The van der Waals surface area contributed by atoms with E-state index in [4.69, 9.17) is 0 Å². The Balaban J connectivity index is 2.45. The molecule has 0 radical (unpaired) electrons. The van der Waals surface area contributed by atoms with Gasteiger partial charge in [0.1, 0.15) is 8.07 Å². The number of hydrogen-bond acceptors (Lipinski definition) is 1. The second-order valence-electron chi connectivity index (χ2n) is 5.93. The molecule has 2 heteroatoms. The van der Waals surface area contributed by atoms with E-state index in [1.807, 2.05) is 0 Å². The molecule has 0 aromatic carbocycles. The molecule has 98 valence electrons. The van der Waals surface area contributed by atoms with E-state index in [1.54, 1.807) is 10.8 Å². The Hall–Kier alpha value is -0.473. The maximum absolute atomic E-state index is 2.54. The van der Waals surface area contributed by atoms with Gasteiger partial charge < -0.3 is 0 Å². The van der Waals surface area contributed by atoms with Crippen molar-refractivity contribution in [2.75, 3.05) is 6.26 Å². The van der Waals surface area contributed by atoms with Gasteiger partial charge in [0.15, 0.2) is 0 Å². The van der Waals surface area contributed by atoms with E-state index in [0.717, 1.165) is 6.42 Å². The molecule has 0 amide bonds. The van der Waals surface area contributed by atoms with Gasteiger partial charge in [-0.25, -0.2) is 0 Å². The summed E-state index contributed by atoms with van der Waals surface area (Å²) in [6.45, 7) is 9.63. The van der Waals surface area contributed by atoms with Crippen molar-refractivity contribution in [1.82, 2.24) is 0 Å². The maximum Gasteiger partial charge on any atom is 0.103 e. The smallest absolute Gasteiger partial charge is 0.103 e. The average Bonchev–Trinajstić information content (AvgIpc) is 2.83. The van der Waals surface area contributed by atoms with Crippen molar-refractivity contribution in [2.45, 2.75) is 44.2 Å². The lowest BCUT2D eigenvalue weighted by atomic mass is 10.0. The molecule has 18 heavy (non-hydrogen) atoms. The standard InChI is InChI=1S/C16H24SSi/c1-13-10-11-16(17-3,14(2)12-13)18(4,5)15-8-6-7-9-15/h6,8-10,12H,7,11H2,1-5H3. The van der Waals surface area contributed by atoms with Crippen LogP contribution in [0.2, 0.25) is 13.1 Å². The summed E-state index contributed by atoms with van der Waals surface area (Å²) < 4.78 is 0.340. The maximum atomic E-state index is 2.54. The summed E-state index contributed by atoms with van der Waals surface area (Å²) >= 11 is 2.07. The van der Waals surface area contributed by atoms with Crippen LogP contribution in [0.3, 0.4) is 0 Å². The molecule has 0 bridgehead atoms. The molecule has 0 aliphatic heterocycles. The molecule has 0 fully saturated rings. The lowest BCUT2D eigenvalue weighted by molar-refractivity contribution is 0.857. The first-order chi connectivity index (χ1) is 8.44. The van der Waals surface area contributed by atoms with Crippen LogP contribution < -0.4 is 0 Å². The van der Waals surface area contributed by atoms with Gasteiger partial charge in [-0.2, -0.15) is 11.8 Å². The van der Waals surface area contributed by atoms with Crippen molar-refractivity contribution in [3.63, 3.8) is 0 Å². The Morgan fingerprint density at radius 3 is 2.44 bits per heavy atom. The molecule has 0 heterocycles. The third kappa shape index (κ3) is 1.99. The number of rotatable bonds is 3. The van der Waals surface area contributed by atoms with Gasteiger partial charge in [0.05, 0.1) is 0 Å². The Morgan fingerprint density at radius 1 is 1.22 bits per heavy atom. The lowest BCUT2D eigenvalue weighted by Gasteiger charge is -2.47. The third-order valence-corrected chi connectivity index (χ3v) is 12.4. The van der Waals surface area contributed by atoms with Crippen molar-refractivity contribution in [3.05, 3.63) is 46.7 Å². The van der Waals surface area contributed by atoms with Crippen LogP contribution in [0.4, 0.5) is 0 Å². The number of allylic oxidation sites excluding steroid dienone is 7. The second kappa shape index (κ2) is 4.90. The van der Waals surface area contributed by atoms with Crippen LogP contribution >= 0.6 is 11.8 Å². The van der Waals surface area contributed by atoms with Gasteiger partial charge >= 0.3 is 0 Å². The van der Waals surface area contributed by atoms with Gasteiger partial charge in [-0.15, -0.1) is 0 Å². The largest absolute Gasteiger partial charge is 0.157 e. The van der Waals surface area contributed by atoms with E-state index in [9.17, 15) is 0 Å². The fourth-order valence-corrected chi connectivity index (χ4v) is 9.71. The minimum absolute atomic E-state index is 0.340. The number of hydrogen-bond donors (Lipinski definition) is 0. The summed E-state index contributed by atoms with van der Waals surface area (Å²) in [5, 5.41) is 1.64. The van der Waals surface area contributed by atoms with Crippen LogP contribution in [-0.4, -0.2) is 18.7 Å². The Kier molecular flexibility index (Phi) is 3.79. The van der Waals surface area contributed by atoms with Crippen molar-refractivity contribution < 1.29 is 0 Å². The second-order valence-corrected chi connectivity index (χ2v) is 12.1. The molecule has 0 aromatic rings. The van der Waals surface area contributed by atoms with Gasteiger partial charge in [-0.3, -0.25) is 0 Å². The van der Waals surface area contributed by atoms with Crippen LogP contribution in [-0.2, 0) is 0 Å². The van der Waals surface area contributed by atoms with Crippen molar-refractivity contribution in [2.24, 2.45) is 0 Å². The molecule has 0 N–H and O–H groups in total. The Labute approximate surface area is 117 Å². The van der Waals surface area contributed by atoms with E-state index in [2.05, 4.69) is 75.3 Å². The first-order valence-corrected chi connectivity index (χ1v) is 10.9. The molecule has 0 nitrogen and oxygen atoms in total. The fourth-order valence-electron chi connectivity index (χ4n) is 3.38. The van der Waals surface area contributed by atoms with Crippen LogP contribution in [0.5, 0.6) is 0 Å². The minimum atomic E-state index is -1.49. The SMILES string of the molecule is CSC1([Si](C)(C)C2=CCC=C2)CC=C(C)C=C1C. The Morgan fingerprint density at radius 2 is 1.94 bits per heavy atom. The normalized spacial score (nSPS) is 27.9. The highest BCUT2D eigenvalue weighted by Gasteiger charge is 2.49. The summed E-state index contributed by atoms with van der Waals surface area (Å²) in [5.41, 5.74) is 3.01. The summed E-state index contributed by atoms with van der Waals surface area (Å²) in [7, 11) is -1.49. The van der Waals surface area contributed by atoms with E-state index in [0.29, 0.717) is 4.37 Å². The highest BCUT2D eigenvalue weighted by Crippen LogP contribution is 2.49. The first kappa shape index (κ1) is 13.9. The van der Waals surface area contributed by atoms with Crippen molar-refractivity contribution in [3.8, 4) is 0 Å². The van der Waals surface area contributed by atoms with Crippen LogP contribution in [0.25, 0.3) is 0 Å². The highest BCUT2D eigenvalue weighted by atomic mass is 32.2. The monoisotopic (exact) mass is 276 g/mol. The Bertz CT molecular complexity index is 465. The molecule has 1 unspecified atom stereocenters. The van der Waals surface area contributed by atoms with Crippen molar-refractivity contribution in [1.29, 1.82) is 0 Å². The summed E-state index contributed by atoms with van der Waals surface area (Å²) in [6.07, 6.45) is 16.6. The van der Waals surface area contributed by atoms with Gasteiger partial charge in [0.25, 0.3) is 0 Å². The van der Waals surface area contributed by atoms with E-state index in [1.165, 1.54) is 12.0 Å². The van der Waals surface area contributed by atoms with E-state index < -0.39 is 8.07 Å². The van der Waals surface area contributed by atoms with Gasteiger partial charge in [0, 0.05) is 4.37 Å². The molecule has 2 aliphatic rings. The predicted molar refractivity (Wildman–Crippen MR) is 87.7 cm³/mol. The van der Waals surface area contributed by atoms with Crippen LogP contribution in [0.15, 0.2) is 46.7 Å². The summed E-state index contributed by atoms with van der Waals surface area (Å²) in [6, 6.07) is 0. The predicted octanol–water partition coefficient (Wildman–Crippen LogP) is 5.06. The topological polar surface area (TPSA) is 0 Å². The molecule has 2 aliphatic carbocycles. The zero-order chi connectivity index (χ0) is 13.4. The number of thioether (sulfide) groups is 1. The molecule has 2 rings (SSSR count). The van der Waals surface area contributed by atoms with Gasteiger partial charge in [-0.05, 0) is 32.9 Å². The first-order valence-electron chi connectivity index (χ1n) is 6.72. The zero-order valence-electron chi connectivity index (χ0n) is 12.2. The summed E-state index contributed by atoms with van der Waals surface area (Å²) in [4.78, 5) is 0. The lowest BCUT2D eigenvalue weighted by Crippen LogP contribution is -2.54. The van der Waals surface area contributed by atoms with Crippen LogP contribution in [0.1, 0.15) is 26.7 Å². The zero-order valence-corrected chi connectivity index (χ0v) is 14.0. The van der Waals surface area contributed by atoms with Crippen molar-refractivity contribution >= 4 is 19.8 Å². The molecule has 0 aromatic heterocycles. The molecular weight excluding hydrogens is 252 g/mol. The molecule has 0 spiro atoms. The minimum Gasteiger partial charge on any atom is -0.157 e. The average molecular weight is 277 g/mol. The quantitative estimate of drug-likeness (QED) is 0.649. The molecule has 1 atom stereocenters. The highest BCUT2D eigenvalue weighted by molar-refractivity contribution is 8.02. The fraction of sp³-hybridized carbons (Fsp3) is 0.500. The molecule has 0 saturated carbocycles. The van der Waals surface area contributed by atoms with E-state index >= 15 is 0 Å². The van der Waals surface area contributed by atoms with Gasteiger partial charge in [-0.1, -0.05) is 59.8 Å². The molecule has 0 saturated heterocycles. The third-order valence-electron chi connectivity index (χ3n) is 4.64.